The average molecular weight is 962 g/mol. The van der Waals surface area contributed by atoms with Crippen molar-refractivity contribution in [2.45, 2.75) is 38.5 Å². The minimum absolute atomic E-state index is 0.146. The molecule has 0 spiro atoms. The van der Waals surface area contributed by atoms with Gasteiger partial charge in [-0.1, -0.05) is 191 Å². The zero-order chi connectivity index (χ0) is 50.4. The number of aromatic nitrogens is 4. The summed E-state index contributed by atoms with van der Waals surface area (Å²) in [6.45, 7) is 9.30. The fraction of sp³-hybridized carbons (Fsp3) is 0.0857. The van der Waals surface area contributed by atoms with Gasteiger partial charge in [-0.15, -0.1) is 0 Å². The van der Waals surface area contributed by atoms with Crippen LogP contribution in [-0.4, -0.2) is 19.9 Å². The Kier molecular flexibility index (Phi) is 10.1. The quantitative estimate of drug-likeness (QED) is 0.152. The third-order valence-corrected chi connectivity index (χ3v) is 15.9. The van der Waals surface area contributed by atoms with Gasteiger partial charge in [0.05, 0.1) is 44.8 Å². The van der Waals surface area contributed by atoms with E-state index in [-0.39, 0.29) is 10.8 Å². The maximum atomic E-state index is 5.35. The van der Waals surface area contributed by atoms with Gasteiger partial charge in [0.1, 0.15) is 0 Å². The lowest BCUT2D eigenvalue weighted by atomic mass is 9.81. The van der Waals surface area contributed by atoms with E-state index >= 15 is 0 Å². The molecule has 0 bridgehead atoms. The molecule has 2 heterocycles. The highest BCUT2D eigenvalue weighted by Gasteiger charge is 2.37. The van der Waals surface area contributed by atoms with Crippen LogP contribution in [0.5, 0.6) is 0 Å². The van der Waals surface area contributed by atoms with Crippen LogP contribution in [0.25, 0.3) is 100 Å². The van der Waals surface area contributed by atoms with Gasteiger partial charge in [0, 0.05) is 50.1 Å². The molecule has 14 rings (SSSR count). The van der Waals surface area contributed by atoms with Gasteiger partial charge in [0.2, 0.25) is 0 Å². The summed E-state index contributed by atoms with van der Waals surface area (Å²) in [5.41, 5.74) is 26.6. The second-order valence-electron chi connectivity index (χ2n) is 21.0. The molecule has 0 saturated heterocycles. The van der Waals surface area contributed by atoms with E-state index in [1.165, 1.54) is 50.1 Å². The maximum absolute atomic E-state index is 5.35. The van der Waals surface area contributed by atoms with Crippen LogP contribution in [0.3, 0.4) is 0 Å². The lowest BCUT2D eigenvalue weighted by Crippen LogP contribution is -2.15. The number of hydrogen-bond donors (Lipinski definition) is 0. The molecule has 2 aliphatic rings. The molecular formula is C70H51N5. The molecular weight excluding hydrogens is 911 g/mol. The van der Waals surface area contributed by atoms with Crippen LogP contribution in [0.15, 0.2) is 237 Å². The summed E-state index contributed by atoms with van der Waals surface area (Å²) in [5.74, 6) is 0. The first-order valence-corrected chi connectivity index (χ1v) is 25.9. The number of fused-ring (bicyclic) bond motifs is 8. The van der Waals surface area contributed by atoms with E-state index in [2.05, 4.69) is 245 Å². The fourth-order valence-corrected chi connectivity index (χ4v) is 11.9. The van der Waals surface area contributed by atoms with Gasteiger partial charge in [0.15, 0.2) is 0 Å². The molecule has 2 aliphatic carbocycles. The monoisotopic (exact) mass is 961 g/mol. The van der Waals surface area contributed by atoms with Crippen molar-refractivity contribution in [2.24, 2.45) is 0 Å². The second kappa shape index (κ2) is 17.1. The van der Waals surface area contributed by atoms with E-state index in [0.29, 0.717) is 0 Å². The van der Waals surface area contributed by atoms with E-state index in [1.807, 2.05) is 24.3 Å². The number of benzene rings is 10. The molecule has 0 amide bonds. The number of para-hydroxylation sites is 4. The first-order chi connectivity index (χ1) is 36.7. The van der Waals surface area contributed by atoms with E-state index < -0.39 is 0 Å². The maximum Gasteiger partial charge on any atom is 0.0973 e. The molecule has 5 heteroatoms. The van der Waals surface area contributed by atoms with E-state index in [0.717, 1.165) is 89.7 Å². The van der Waals surface area contributed by atoms with Crippen molar-refractivity contribution in [3.8, 4) is 78.4 Å². The summed E-state index contributed by atoms with van der Waals surface area (Å²) in [7, 11) is 0. The molecule has 0 N–H and O–H groups in total. The van der Waals surface area contributed by atoms with Crippen molar-refractivity contribution < 1.29 is 0 Å². The summed E-state index contributed by atoms with van der Waals surface area (Å²) in [5, 5.41) is 0. The van der Waals surface area contributed by atoms with Crippen LogP contribution >= 0.6 is 0 Å². The Morgan fingerprint density at radius 2 is 0.547 bits per heavy atom. The van der Waals surface area contributed by atoms with Crippen LogP contribution in [0.1, 0.15) is 49.9 Å². The molecule has 2 aromatic heterocycles. The highest BCUT2D eigenvalue weighted by atomic mass is 15.1. The van der Waals surface area contributed by atoms with Crippen LogP contribution in [0.4, 0.5) is 17.1 Å². The van der Waals surface area contributed by atoms with Crippen LogP contribution in [0.2, 0.25) is 0 Å². The molecule has 12 aromatic rings. The Bertz CT molecular complexity index is 3980. The minimum Gasteiger partial charge on any atom is -0.311 e. The standard InChI is InChI=1S/C70H51N5/c1-69(2)57-20-10-8-18-53(57)55-40-32-48(42-59(55)69)67-65(71-61-22-12-14-24-63(61)73-67)46-28-36-51(37-29-46)75(50-34-26-45(27-35-50)44-16-6-5-7-17-44)52-38-30-47(31-39-52)66-68(74-64-25-15-13-23-62(64)72-66)49-33-41-56-54-19-9-11-21-58(54)70(3,4)60(56)43-49/h5-43H,1-4H3. The predicted molar refractivity (Wildman–Crippen MR) is 310 cm³/mol. The SMILES string of the molecule is CC1(C)c2ccccc2-c2ccc(-c3nc4ccccc4nc3-c3ccc(N(c4ccc(-c5ccccc5)cc4)c4ccc(-c5nc6ccccc6nc5-c5ccc6c(c5)C(C)(C)c5ccccc5-6)cc4)cc3)cc21. The summed E-state index contributed by atoms with van der Waals surface area (Å²) in [6.07, 6.45) is 0. The Hall–Kier alpha value is -9.32. The molecule has 5 nitrogen and oxygen atoms in total. The van der Waals surface area contributed by atoms with E-state index in [1.54, 1.807) is 0 Å². The third kappa shape index (κ3) is 7.29. The normalized spacial score (nSPS) is 13.5. The second-order valence-corrected chi connectivity index (χ2v) is 21.0. The van der Waals surface area contributed by atoms with Gasteiger partial charge in [-0.05, 0) is 128 Å². The Morgan fingerprint density at radius 3 is 0.947 bits per heavy atom. The van der Waals surface area contributed by atoms with Gasteiger partial charge in [0.25, 0.3) is 0 Å². The van der Waals surface area contributed by atoms with Gasteiger partial charge in [-0.25, -0.2) is 19.9 Å². The van der Waals surface area contributed by atoms with Crippen molar-refractivity contribution in [2.75, 3.05) is 4.90 Å². The van der Waals surface area contributed by atoms with Crippen LogP contribution in [-0.2, 0) is 10.8 Å². The number of anilines is 3. The molecule has 0 fully saturated rings. The zero-order valence-corrected chi connectivity index (χ0v) is 42.3. The van der Waals surface area contributed by atoms with E-state index in [4.69, 9.17) is 19.9 Å². The van der Waals surface area contributed by atoms with Gasteiger partial charge in [-0.2, -0.15) is 0 Å². The molecule has 356 valence electrons. The molecule has 10 aromatic carbocycles. The fourth-order valence-electron chi connectivity index (χ4n) is 11.9. The summed E-state index contributed by atoms with van der Waals surface area (Å²) >= 11 is 0. The van der Waals surface area contributed by atoms with Crippen molar-refractivity contribution in [1.82, 2.24) is 19.9 Å². The summed E-state index contributed by atoms with van der Waals surface area (Å²) < 4.78 is 0. The number of rotatable bonds is 8. The van der Waals surface area contributed by atoms with Gasteiger partial charge < -0.3 is 4.90 Å². The van der Waals surface area contributed by atoms with Crippen LogP contribution in [0, 0.1) is 0 Å². The lowest BCUT2D eigenvalue weighted by Gasteiger charge is -2.26. The smallest absolute Gasteiger partial charge is 0.0973 e. The first kappa shape index (κ1) is 44.4. The first-order valence-electron chi connectivity index (χ1n) is 25.9. The van der Waals surface area contributed by atoms with Crippen molar-refractivity contribution in [1.29, 1.82) is 0 Å². The highest BCUT2D eigenvalue weighted by Crippen LogP contribution is 2.52. The molecule has 0 saturated carbocycles. The molecule has 0 unspecified atom stereocenters. The lowest BCUT2D eigenvalue weighted by molar-refractivity contribution is 0.660. The number of hydrogen-bond acceptors (Lipinski definition) is 5. The number of nitrogens with zero attached hydrogens (tertiary/aromatic N) is 5. The molecule has 75 heavy (non-hydrogen) atoms. The Labute approximate surface area is 437 Å². The minimum atomic E-state index is -0.146. The topological polar surface area (TPSA) is 54.8 Å². The Morgan fingerprint density at radius 1 is 0.253 bits per heavy atom. The average Bonchev–Trinajstić information content (AvgIpc) is 3.85. The summed E-state index contributed by atoms with van der Waals surface area (Å²) in [4.78, 5) is 23.7. The zero-order valence-electron chi connectivity index (χ0n) is 42.3. The molecule has 0 atom stereocenters. The van der Waals surface area contributed by atoms with E-state index in [9.17, 15) is 0 Å². The Balaban J connectivity index is 0.867. The van der Waals surface area contributed by atoms with Crippen molar-refractivity contribution in [3.05, 3.63) is 259 Å². The third-order valence-electron chi connectivity index (χ3n) is 15.9. The van der Waals surface area contributed by atoms with Crippen LogP contribution < -0.4 is 4.90 Å². The largest absolute Gasteiger partial charge is 0.311 e. The van der Waals surface area contributed by atoms with Gasteiger partial charge in [-0.3, -0.25) is 0 Å². The summed E-state index contributed by atoms with van der Waals surface area (Å²) in [6, 6.07) is 84.6. The van der Waals surface area contributed by atoms with Gasteiger partial charge >= 0.3 is 0 Å². The highest BCUT2D eigenvalue weighted by molar-refractivity contribution is 5.92. The molecule has 0 radical (unpaired) electrons. The van der Waals surface area contributed by atoms with Crippen molar-refractivity contribution in [3.63, 3.8) is 0 Å². The molecule has 0 aliphatic heterocycles. The van der Waals surface area contributed by atoms with Crippen molar-refractivity contribution >= 4 is 39.1 Å². The predicted octanol–water partition coefficient (Wildman–Crippen LogP) is 18.0.